The van der Waals surface area contributed by atoms with E-state index in [9.17, 15) is 0 Å². The Morgan fingerprint density at radius 3 is 2.67 bits per heavy atom. The number of rotatable bonds is 3. The standard InChI is InChI=1S/C12H7Cl3N6/c13-7-1-2-8(14)9(5-7)17-11-18-10(15)19-12(20-11)21-4-3-16-6-21/h1-6H,(H,17,18,19,20). The van der Waals surface area contributed by atoms with Crippen LogP contribution >= 0.6 is 34.8 Å². The van der Waals surface area contributed by atoms with Gasteiger partial charge in [0.05, 0.1) is 10.7 Å². The third kappa shape index (κ3) is 3.24. The number of anilines is 2. The van der Waals surface area contributed by atoms with Gasteiger partial charge < -0.3 is 5.32 Å². The molecule has 9 heteroatoms. The van der Waals surface area contributed by atoms with E-state index in [-0.39, 0.29) is 11.2 Å². The normalized spacial score (nSPS) is 10.6. The van der Waals surface area contributed by atoms with Crippen molar-refractivity contribution in [3.05, 3.63) is 52.2 Å². The third-order valence-corrected chi connectivity index (χ3v) is 3.24. The molecule has 0 spiro atoms. The van der Waals surface area contributed by atoms with Crippen LogP contribution in [0.4, 0.5) is 11.6 Å². The molecular weight excluding hydrogens is 335 g/mol. The summed E-state index contributed by atoms with van der Waals surface area (Å²) in [5.41, 5.74) is 0.572. The van der Waals surface area contributed by atoms with Gasteiger partial charge in [0.25, 0.3) is 0 Å². The fourth-order valence-corrected chi connectivity index (χ4v) is 2.09. The summed E-state index contributed by atoms with van der Waals surface area (Å²) in [4.78, 5) is 16.2. The fraction of sp³-hybridized carbons (Fsp3) is 0. The Labute approximate surface area is 134 Å². The zero-order valence-corrected chi connectivity index (χ0v) is 12.6. The second-order valence-corrected chi connectivity index (χ2v) is 5.13. The largest absolute Gasteiger partial charge is 0.323 e. The third-order valence-electron chi connectivity index (χ3n) is 2.51. The highest BCUT2D eigenvalue weighted by atomic mass is 35.5. The van der Waals surface area contributed by atoms with Crippen LogP contribution in [0.25, 0.3) is 5.95 Å². The van der Waals surface area contributed by atoms with E-state index < -0.39 is 0 Å². The summed E-state index contributed by atoms with van der Waals surface area (Å²) in [5, 5.41) is 4.03. The average Bonchev–Trinajstić information content (AvgIpc) is 2.96. The Hall–Kier alpha value is -1.89. The molecule has 0 fully saturated rings. The number of aromatic nitrogens is 5. The SMILES string of the molecule is Clc1ccc(Cl)c(Nc2nc(Cl)nc(-n3ccnc3)n2)c1. The maximum atomic E-state index is 6.08. The summed E-state index contributed by atoms with van der Waals surface area (Å²) in [6.07, 6.45) is 4.86. The molecule has 21 heavy (non-hydrogen) atoms. The van der Waals surface area contributed by atoms with Gasteiger partial charge in [0.1, 0.15) is 6.33 Å². The van der Waals surface area contributed by atoms with Gasteiger partial charge in [-0.05, 0) is 29.8 Å². The van der Waals surface area contributed by atoms with Gasteiger partial charge >= 0.3 is 0 Å². The van der Waals surface area contributed by atoms with Crippen molar-refractivity contribution in [3.63, 3.8) is 0 Å². The number of nitrogens with one attached hydrogen (secondary N) is 1. The van der Waals surface area contributed by atoms with Gasteiger partial charge in [-0.15, -0.1) is 0 Å². The molecule has 0 saturated heterocycles. The van der Waals surface area contributed by atoms with Crippen LogP contribution in [0.15, 0.2) is 36.9 Å². The van der Waals surface area contributed by atoms with Crippen molar-refractivity contribution in [2.24, 2.45) is 0 Å². The van der Waals surface area contributed by atoms with Crippen molar-refractivity contribution >= 4 is 46.4 Å². The van der Waals surface area contributed by atoms with Crippen LogP contribution in [0.3, 0.4) is 0 Å². The Morgan fingerprint density at radius 2 is 1.90 bits per heavy atom. The second kappa shape index (κ2) is 5.85. The molecule has 0 aliphatic rings. The summed E-state index contributed by atoms with van der Waals surface area (Å²) < 4.78 is 1.61. The molecular formula is C12H7Cl3N6. The Morgan fingerprint density at radius 1 is 1.05 bits per heavy atom. The van der Waals surface area contributed by atoms with Crippen molar-refractivity contribution in [1.29, 1.82) is 0 Å². The van der Waals surface area contributed by atoms with Crippen molar-refractivity contribution in [2.75, 3.05) is 5.32 Å². The monoisotopic (exact) mass is 340 g/mol. The minimum atomic E-state index is 0.0503. The summed E-state index contributed by atoms with van der Waals surface area (Å²) in [7, 11) is 0. The molecule has 0 atom stereocenters. The number of benzene rings is 1. The number of hydrogen-bond acceptors (Lipinski definition) is 5. The van der Waals surface area contributed by atoms with E-state index in [1.807, 2.05) is 0 Å². The number of hydrogen-bond donors (Lipinski definition) is 1. The fourth-order valence-electron chi connectivity index (χ4n) is 1.60. The van der Waals surface area contributed by atoms with Crippen LogP contribution < -0.4 is 5.32 Å². The molecule has 1 N–H and O–H groups in total. The number of nitrogens with zero attached hydrogens (tertiary/aromatic N) is 5. The van der Waals surface area contributed by atoms with E-state index in [2.05, 4.69) is 25.3 Å². The van der Waals surface area contributed by atoms with E-state index in [1.54, 1.807) is 41.5 Å². The van der Waals surface area contributed by atoms with E-state index in [1.165, 1.54) is 0 Å². The van der Waals surface area contributed by atoms with Crippen LogP contribution in [-0.4, -0.2) is 24.5 Å². The first-order chi connectivity index (χ1) is 10.1. The van der Waals surface area contributed by atoms with Crippen LogP contribution in [-0.2, 0) is 0 Å². The molecule has 2 heterocycles. The highest BCUT2D eigenvalue weighted by Gasteiger charge is 2.09. The zero-order chi connectivity index (χ0) is 14.8. The molecule has 0 radical (unpaired) electrons. The topological polar surface area (TPSA) is 68.5 Å². The highest BCUT2D eigenvalue weighted by molar-refractivity contribution is 6.35. The molecule has 106 valence electrons. The predicted octanol–water partition coefficient (Wildman–Crippen LogP) is 3.76. The van der Waals surface area contributed by atoms with Crippen molar-refractivity contribution in [3.8, 4) is 5.95 Å². The lowest BCUT2D eigenvalue weighted by Gasteiger charge is -2.08. The van der Waals surface area contributed by atoms with E-state index in [0.717, 1.165) is 0 Å². The lowest BCUT2D eigenvalue weighted by atomic mass is 10.3. The minimum Gasteiger partial charge on any atom is -0.323 e. The predicted molar refractivity (Wildman–Crippen MR) is 81.7 cm³/mol. The van der Waals surface area contributed by atoms with Gasteiger partial charge in [0.15, 0.2) is 0 Å². The lowest BCUT2D eigenvalue weighted by molar-refractivity contribution is 0.899. The molecule has 0 aliphatic carbocycles. The summed E-state index contributed by atoms with van der Waals surface area (Å²) in [6, 6.07) is 5.02. The summed E-state index contributed by atoms with van der Waals surface area (Å²) in [5.74, 6) is 0.594. The van der Waals surface area contributed by atoms with Gasteiger partial charge in [-0.3, -0.25) is 4.57 Å². The number of halogens is 3. The average molecular weight is 342 g/mol. The Bertz CT molecular complexity index is 775. The first-order valence-corrected chi connectivity index (χ1v) is 6.87. The molecule has 0 bridgehead atoms. The molecule has 6 nitrogen and oxygen atoms in total. The molecule has 1 aromatic carbocycles. The molecule has 0 aliphatic heterocycles. The van der Waals surface area contributed by atoms with Gasteiger partial charge in [0.2, 0.25) is 17.2 Å². The van der Waals surface area contributed by atoms with Crippen LogP contribution in [0.1, 0.15) is 0 Å². The van der Waals surface area contributed by atoms with E-state index in [0.29, 0.717) is 21.7 Å². The maximum Gasteiger partial charge on any atom is 0.241 e. The molecule has 3 rings (SSSR count). The summed E-state index contributed by atoms with van der Waals surface area (Å²) >= 11 is 17.9. The lowest BCUT2D eigenvalue weighted by Crippen LogP contribution is -2.05. The van der Waals surface area contributed by atoms with Gasteiger partial charge in [-0.1, -0.05) is 23.2 Å². The quantitative estimate of drug-likeness (QED) is 0.785. The van der Waals surface area contributed by atoms with Crippen LogP contribution in [0, 0.1) is 0 Å². The van der Waals surface area contributed by atoms with Crippen molar-refractivity contribution in [2.45, 2.75) is 0 Å². The smallest absolute Gasteiger partial charge is 0.241 e. The van der Waals surface area contributed by atoms with Crippen LogP contribution in [0.5, 0.6) is 0 Å². The molecule has 0 saturated carbocycles. The zero-order valence-electron chi connectivity index (χ0n) is 10.3. The Kier molecular flexibility index (Phi) is 3.92. The van der Waals surface area contributed by atoms with Crippen molar-refractivity contribution in [1.82, 2.24) is 24.5 Å². The molecule has 0 amide bonds. The van der Waals surface area contributed by atoms with E-state index in [4.69, 9.17) is 34.8 Å². The molecule has 0 unspecified atom stereocenters. The maximum absolute atomic E-state index is 6.08. The first kappa shape index (κ1) is 14.1. The van der Waals surface area contributed by atoms with Crippen LogP contribution in [0.2, 0.25) is 15.3 Å². The summed E-state index contributed by atoms with van der Waals surface area (Å²) in [6.45, 7) is 0. The Balaban J connectivity index is 1.97. The van der Waals surface area contributed by atoms with E-state index >= 15 is 0 Å². The van der Waals surface area contributed by atoms with Crippen molar-refractivity contribution < 1.29 is 0 Å². The highest BCUT2D eigenvalue weighted by Crippen LogP contribution is 2.27. The first-order valence-electron chi connectivity index (χ1n) is 5.74. The minimum absolute atomic E-state index is 0.0503. The van der Waals surface area contributed by atoms with Gasteiger partial charge in [0, 0.05) is 17.4 Å². The van der Waals surface area contributed by atoms with Gasteiger partial charge in [-0.25, -0.2) is 4.98 Å². The number of imidazole rings is 1. The molecule has 3 aromatic rings. The second-order valence-electron chi connectivity index (χ2n) is 3.95. The van der Waals surface area contributed by atoms with Gasteiger partial charge in [-0.2, -0.15) is 15.0 Å². The molecule has 2 aromatic heterocycles.